The highest BCUT2D eigenvalue weighted by Crippen LogP contribution is 2.16. The summed E-state index contributed by atoms with van der Waals surface area (Å²) in [5.74, 6) is -0.990. The molecule has 0 aliphatic carbocycles. The lowest BCUT2D eigenvalue weighted by Gasteiger charge is -2.07. The number of carbonyl (C=O) groups is 2. The number of esters is 1. The summed E-state index contributed by atoms with van der Waals surface area (Å²) >= 11 is 1.21. The molecule has 82 valence electrons. The zero-order chi connectivity index (χ0) is 11.4. The second kappa shape index (κ2) is 4.74. The van der Waals surface area contributed by atoms with Gasteiger partial charge < -0.3 is 15.8 Å². The molecule has 3 N–H and O–H groups in total. The summed E-state index contributed by atoms with van der Waals surface area (Å²) in [6.45, 7) is 1.61. The van der Waals surface area contributed by atoms with Crippen molar-refractivity contribution in [2.45, 2.75) is 13.0 Å². The number of anilines is 1. The van der Waals surface area contributed by atoms with Crippen LogP contribution >= 0.6 is 11.3 Å². The molecule has 1 aromatic heterocycles. The molecule has 0 saturated carbocycles. The Kier molecular flexibility index (Phi) is 3.62. The van der Waals surface area contributed by atoms with Crippen LogP contribution in [-0.2, 0) is 9.53 Å². The first kappa shape index (κ1) is 11.4. The van der Waals surface area contributed by atoms with Crippen molar-refractivity contribution in [2.24, 2.45) is 5.73 Å². The minimum absolute atomic E-state index is 0.210. The molecule has 0 bridgehead atoms. The molecule has 0 spiro atoms. The molecule has 1 unspecified atom stereocenters. The number of nitrogens with two attached hydrogens (primary N) is 1. The maximum absolute atomic E-state index is 11.0. The molecule has 1 atom stereocenters. The molecule has 6 nitrogen and oxygen atoms in total. The Bertz CT molecular complexity index is 377. The molecule has 1 rings (SSSR count). The number of aromatic nitrogens is 1. The number of ether oxygens (including phenoxy) is 1. The number of hydrogen-bond acceptors (Lipinski definition) is 6. The average molecular weight is 229 g/mol. The Hall–Kier alpha value is -1.63. The van der Waals surface area contributed by atoms with Crippen molar-refractivity contribution in [3.63, 3.8) is 0 Å². The van der Waals surface area contributed by atoms with Crippen LogP contribution in [0, 0.1) is 0 Å². The van der Waals surface area contributed by atoms with Crippen LogP contribution in [0.15, 0.2) is 5.38 Å². The third kappa shape index (κ3) is 2.91. The predicted molar refractivity (Wildman–Crippen MR) is 55.7 cm³/mol. The molecule has 0 fully saturated rings. The first-order chi connectivity index (χ1) is 7.04. The van der Waals surface area contributed by atoms with Crippen molar-refractivity contribution in [1.29, 1.82) is 0 Å². The summed E-state index contributed by atoms with van der Waals surface area (Å²) < 4.78 is 4.49. The fourth-order valence-corrected chi connectivity index (χ4v) is 1.56. The number of amides is 1. The SMILES string of the molecule is COC(=O)c1csc(NC(C)C(N)=O)n1. The number of rotatable bonds is 4. The van der Waals surface area contributed by atoms with Gasteiger partial charge in [-0.15, -0.1) is 11.3 Å². The van der Waals surface area contributed by atoms with E-state index < -0.39 is 17.9 Å². The van der Waals surface area contributed by atoms with E-state index in [1.807, 2.05) is 0 Å². The van der Waals surface area contributed by atoms with Gasteiger partial charge in [0.2, 0.25) is 5.91 Å². The summed E-state index contributed by atoms with van der Waals surface area (Å²) in [7, 11) is 1.28. The van der Waals surface area contributed by atoms with Gasteiger partial charge in [-0.3, -0.25) is 4.79 Å². The molecule has 0 aliphatic rings. The van der Waals surface area contributed by atoms with Crippen LogP contribution in [0.25, 0.3) is 0 Å². The molecule has 15 heavy (non-hydrogen) atoms. The van der Waals surface area contributed by atoms with Gasteiger partial charge in [0.15, 0.2) is 10.8 Å². The van der Waals surface area contributed by atoms with Gasteiger partial charge in [-0.1, -0.05) is 0 Å². The zero-order valence-corrected chi connectivity index (χ0v) is 9.13. The minimum atomic E-state index is -0.526. The van der Waals surface area contributed by atoms with Gasteiger partial charge in [-0.05, 0) is 6.92 Å². The average Bonchev–Trinajstić information content (AvgIpc) is 2.65. The highest BCUT2D eigenvalue weighted by atomic mass is 32.1. The van der Waals surface area contributed by atoms with Gasteiger partial charge in [0.1, 0.15) is 6.04 Å². The second-order valence-electron chi connectivity index (χ2n) is 2.80. The van der Waals surface area contributed by atoms with Crippen molar-refractivity contribution >= 4 is 28.3 Å². The van der Waals surface area contributed by atoms with E-state index in [-0.39, 0.29) is 5.69 Å². The third-order valence-electron chi connectivity index (χ3n) is 1.67. The Morgan fingerprint density at radius 1 is 1.67 bits per heavy atom. The van der Waals surface area contributed by atoms with Crippen molar-refractivity contribution in [2.75, 3.05) is 12.4 Å². The summed E-state index contributed by atoms with van der Waals surface area (Å²) in [6, 6.07) is -0.526. The maximum Gasteiger partial charge on any atom is 0.357 e. The van der Waals surface area contributed by atoms with Gasteiger partial charge in [0.05, 0.1) is 7.11 Å². The number of primary amides is 1. The van der Waals surface area contributed by atoms with Crippen LogP contribution in [0.1, 0.15) is 17.4 Å². The number of nitrogens with zero attached hydrogens (tertiary/aromatic N) is 1. The normalized spacial score (nSPS) is 11.9. The summed E-state index contributed by atoms with van der Waals surface area (Å²) in [5.41, 5.74) is 5.27. The van der Waals surface area contributed by atoms with Gasteiger partial charge in [0.25, 0.3) is 0 Å². The first-order valence-electron chi connectivity index (χ1n) is 4.14. The Balaban J connectivity index is 2.68. The lowest BCUT2D eigenvalue weighted by atomic mass is 10.3. The fraction of sp³-hybridized carbons (Fsp3) is 0.375. The standard InChI is InChI=1S/C8H11N3O3S/c1-4(6(9)12)10-8-11-5(3-15-8)7(13)14-2/h3-4H,1-2H3,(H2,9,12)(H,10,11). The number of nitrogens with one attached hydrogen (secondary N) is 1. The maximum atomic E-state index is 11.0. The largest absolute Gasteiger partial charge is 0.464 e. The fourth-order valence-electron chi connectivity index (χ4n) is 0.795. The van der Waals surface area contributed by atoms with Crippen molar-refractivity contribution < 1.29 is 14.3 Å². The zero-order valence-electron chi connectivity index (χ0n) is 8.31. The van der Waals surface area contributed by atoms with E-state index in [1.165, 1.54) is 18.4 Å². The lowest BCUT2D eigenvalue weighted by molar-refractivity contribution is -0.118. The summed E-state index contributed by atoms with van der Waals surface area (Å²) in [4.78, 5) is 25.7. The highest BCUT2D eigenvalue weighted by Gasteiger charge is 2.13. The number of thiazole rings is 1. The molecular weight excluding hydrogens is 218 g/mol. The van der Waals surface area contributed by atoms with Gasteiger partial charge >= 0.3 is 5.97 Å². The minimum Gasteiger partial charge on any atom is -0.464 e. The number of hydrogen-bond donors (Lipinski definition) is 2. The van der Waals surface area contributed by atoms with Crippen LogP contribution in [0.4, 0.5) is 5.13 Å². The molecule has 1 heterocycles. The predicted octanol–water partition coefficient (Wildman–Crippen LogP) is 0.215. The first-order valence-corrected chi connectivity index (χ1v) is 5.02. The van der Waals surface area contributed by atoms with Gasteiger partial charge in [-0.2, -0.15) is 0 Å². The Labute approximate surface area is 90.4 Å². The molecule has 0 saturated heterocycles. The van der Waals surface area contributed by atoms with Gasteiger partial charge in [0, 0.05) is 5.38 Å². The lowest BCUT2D eigenvalue weighted by Crippen LogP contribution is -2.32. The number of carbonyl (C=O) groups excluding carboxylic acids is 2. The molecule has 0 radical (unpaired) electrons. The molecular formula is C8H11N3O3S. The van der Waals surface area contributed by atoms with E-state index >= 15 is 0 Å². The Morgan fingerprint density at radius 3 is 2.87 bits per heavy atom. The second-order valence-corrected chi connectivity index (χ2v) is 3.66. The molecule has 1 amide bonds. The number of methoxy groups -OCH3 is 1. The van der Waals surface area contributed by atoms with E-state index in [2.05, 4.69) is 15.0 Å². The van der Waals surface area contributed by atoms with Crippen LogP contribution < -0.4 is 11.1 Å². The Morgan fingerprint density at radius 2 is 2.33 bits per heavy atom. The van der Waals surface area contributed by atoms with Crippen LogP contribution in [-0.4, -0.2) is 30.0 Å². The van der Waals surface area contributed by atoms with Crippen molar-refractivity contribution in [3.8, 4) is 0 Å². The quantitative estimate of drug-likeness (QED) is 0.720. The smallest absolute Gasteiger partial charge is 0.357 e. The van der Waals surface area contributed by atoms with Crippen molar-refractivity contribution in [1.82, 2.24) is 4.98 Å². The third-order valence-corrected chi connectivity index (χ3v) is 2.44. The van der Waals surface area contributed by atoms with Gasteiger partial charge in [-0.25, -0.2) is 9.78 Å². The van der Waals surface area contributed by atoms with E-state index in [0.29, 0.717) is 5.13 Å². The summed E-state index contributed by atoms with van der Waals surface area (Å²) in [6.07, 6.45) is 0. The van der Waals surface area contributed by atoms with Crippen LogP contribution in [0.5, 0.6) is 0 Å². The molecule has 1 aromatic rings. The summed E-state index contributed by atoms with van der Waals surface area (Å²) in [5, 5.41) is 4.77. The molecule has 7 heteroatoms. The van der Waals surface area contributed by atoms with E-state index in [0.717, 1.165) is 0 Å². The molecule has 0 aliphatic heterocycles. The molecule has 0 aromatic carbocycles. The van der Waals surface area contributed by atoms with E-state index in [1.54, 1.807) is 12.3 Å². The van der Waals surface area contributed by atoms with Crippen LogP contribution in [0.3, 0.4) is 0 Å². The van der Waals surface area contributed by atoms with E-state index in [9.17, 15) is 9.59 Å². The van der Waals surface area contributed by atoms with E-state index in [4.69, 9.17) is 5.73 Å². The highest BCUT2D eigenvalue weighted by molar-refractivity contribution is 7.13. The van der Waals surface area contributed by atoms with Crippen molar-refractivity contribution in [3.05, 3.63) is 11.1 Å². The van der Waals surface area contributed by atoms with Crippen LogP contribution in [0.2, 0.25) is 0 Å². The monoisotopic (exact) mass is 229 g/mol. The topological polar surface area (TPSA) is 94.3 Å².